The van der Waals surface area contributed by atoms with E-state index in [1.54, 1.807) is 22.7 Å². The molecular weight excluding hydrogens is 304 g/mol. The first kappa shape index (κ1) is 15.9. The largest absolute Gasteiger partial charge is 0.337 e. The van der Waals surface area contributed by atoms with Crippen molar-refractivity contribution >= 4 is 28.7 Å². The van der Waals surface area contributed by atoms with E-state index in [0.717, 1.165) is 15.7 Å². The summed E-state index contributed by atoms with van der Waals surface area (Å²) in [5, 5.41) is 7.70. The van der Waals surface area contributed by atoms with Gasteiger partial charge in [-0.3, -0.25) is 0 Å². The van der Waals surface area contributed by atoms with Crippen LogP contribution in [0.4, 0.5) is 4.79 Å². The number of aromatic nitrogens is 2. The maximum absolute atomic E-state index is 11.8. The molecule has 2 aromatic heterocycles. The minimum atomic E-state index is -0.166. The first-order chi connectivity index (χ1) is 9.95. The first-order valence-corrected chi connectivity index (χ1v) is 8.46. The molecule has 0 aromatic carbocycles. The molecule has 2 rings (SSSR count). The van der Waals surface area contributed by atoms with E-state index >= 15 is 0 Å². The van der Waals surface area contributed by atoms with Crippen molar-refractivity contribution in [2.75, 3.05) is 6.54 Å². The molecule has 114 valence electrons. The number of thiazole rings is 2. The highest BCUT2D eigenvalue weighted by molar-refractivity contribution is 7.11. The van der Waals surface area contributed by atoms with Gasteiger partial charge in [0, 0.05) is 28.4 Å². The maximum Gasteiger partial charge on any atom is 0.315 e. The van der Waals surface area contributed by atoms with Gasteiger partial charge in [-0.05, 0) is 20.8 Å². The summed E-state index contributed by atoms with van der Waals surface area (Å²) in [5.41, 5.74) is 1.03. The van der Waals surface area contributed by atoms with Gasteiger partial charge in [-0.1, -0.05) is 6.92 Å². The Bertz CT molecular complexity index is 601. The molecule has 0 spiro atoms. The van der Waals surface area contributed by atoms with Gasteiger partial charge >= 0.3 is 6.03 Å². The fourth-order valence-electron chi connectivity index (χ4n) is 1.77. The van der Waals surface area contributed by atoms with Crippen molar-refractivity contribution < 1.29 is 4.79 Å². The quantitative estimate of drug-likeness (QED) is 0.888. The lowest BCUT2D eigenvalue weighted by Gasteiger charge is -2.10. The second-order valence-corrected chi connectivity index (χ2v) is 7.58. The normalized spacial score (nSPS) is 12.2. The van der Waals surface area contributed by atoms with Crippen LogP contribution in [0.15, 0.2) is 6.20 Å². The van der Waals surface area contributed by atoms with Gasteiger partial charge < -0.3 is 10.6 Å². The lowest BCUT2D eigenvalue weighted by Crippen LogP contribution is -2.37. The van der Waals surface area contributed by atoms with Gasteiger partial charge in [0.15, 0.2) is 0 Å². The number of rotatable bonds is 5. The molecule has 7 heteroatoms. The predicted octanol–water partition coefficient (Wildman–Crippen LogP) is 3.13. The van der Waals surface area contributed by atoms with E-state index in [2.05, 4.69) is 27.5 Å². The van der Waals surface area contributed by atoms with Gasteiger partial charge in [0.05, 0.1) is 17.2 Å². The zero-order valence-electron chi connectivity index (χ0n) is 12.7. The number of carbonyl (C=O) groups is 1. The highest BCUT2D eigenvalue weighted by Gasteiger charge is 2.11. The number of hydrogen-bond acceptors (Lipinski definition) is 5. The zero-order valence-corrected chi connectivity index (χ0v) is 14.3. The van der Waals surface area contributed by atoms with Crippen molar-refractivity contribution in [2.45, 2.75) is 40.2 Å². The third kappa shape index (κ3) is 4.50. The van der Waals surface area contributed by atoms with Gasteiger partial charge in [-0.2, -0.15) is 0 Å². The highest BCUT2D eigenvalue weighted by atomic mass is 32.1. The van der Waals surface area contributed by atoms with Crippen molar-refractivity contribution in [1.82, 2.24) is 20.6 Å². The average molecular weight is 324 g/mol. The molecule has 2 amide bonds. The van der Waals surface area contributed by atoms with Crippen LogP contribution in [0.3, 0.4) is 0 Å². The van der Waals surface area contributed by atoms with Gasteiger partial charge in [0.1, 0.15) is 5.01 Å². The van der Waals surface area contributed by atoms with Crippen molar-refractivity contribution in [2.24, 2.45) is 0 Å². The molecule has 1 unspecified atom stereocenters. The maximum atomic E-state index is 11.8. The standard InChI is InChI=1S/C14H20N4OS2/c1-8(13-15-6-9(2)20-13)5-16-14(19)17-7-12-18-10(3)11(4)21-12/h6,8H,5,7H2,1-4H3,(H2,16,17,19). The topological polar surface area (TPSA) is 66.9 Å². The van der Waals surface area contributed by atoms with E-state index in [1.165, 1.54) is 9.75 Å². The minimum Gasteiger partial charge on any atom is -0.337 e. The van der Waals surface area contributed by atoms with Crippen LogP contribution in [0, 0.1) is 20.8 Å². The molecule has 0 radical (unpaired) electrons. The molecule has 0 aliphatic carbocycles. The Morgan fingerprint density at radius 3 is 2.62 bits per heavy atom. The minimum absolute atomic E-state index is 0.166. The van der Waals surface area contributed by atoms with Crippen LogP contribution >= 0.6 is 22.7 Å². The van der Waals surface area contributed by atoms with Crippen LogP contribution in [0.1, 0.15) is 38.3 Å². The van der Waals surface area contributed by atoms with Crippen LogP contribution in [0.2, 0.25) is 0 Å². The second-order valence-electron chi connectivity index (χ2n) is 5.02. The van der Waals surface area contributed by atoms with E-state index in [0.29, 0.717) is 13.1 Å². The zero-order chi connectivity index (χ0) is 15.4. The Morgan fingerprint density at radius 1 is 1.29 bits per heavy atom. The number of hydrogen-bond donors (Lipinski definition) is 2. The van der Waals surface area contributed by atoms with Crippen LogP contribution in [0.5, 0.6) is 0 Å². The Hall–Kier alpha value is -1.47. The summed E-state index contributed by atoms with van der Waals surface area (Å²) in [4.78, 5) is 22.9. The highest BCUT2D eigenvalue weighted by Crippen LogP contribution is 2.20. The van der Waals surface area contributed by atoms with Crippen LogP contribution in [-0.4, -0.2) is 22.5 Å². The molecule has 0 saturated carbocycles. The monoisotopic (exact) mass is 324 g/mol. The summed E-state index contributed by atoms with van der Waals surface area (Å²) in [6.07, 6.45) is 1.86. The molecule has 2 aromatic rings. The van der Waals surface area contributed by atoms with Gasteiger partial charge in [0.2, 0.25) is 0 Å². The van der Waals surface area contributed by atoms with Crippen molar-refractivity contribution in [3.63, 3.8) is 0 Å². The summed E-state index contributed by atoms with van der Waals surface area (Å²) < 4.78 is 0. The third-order valence-corrected chi connectivity index (χ3v) is 5.32. The Morgan fingerprint density at radius 2 is 2.05 bits per heavy atom. The summed E-state index contributed by atoms with van der Waals surface area (Å²) in [5.74, 6) is 0.221. The van der Waals surface area contributed by atoms with Crippen molar-refractivity contribution in [1.29, 1.82) is 0 Å². The number of urea groups is 1. The molecule has 2 N–H and O–H groups in total. The molecule has 0 aliphatic rings. The predicted molar refractivity (Wildman–Crippen MR) is 87.1 cm³/mol. The molecule has 0 saturated heterocycles. The van der Waals surface area contributed by atoms with E-state index < -0.39 is 0 Å². The Labute approximate surface area is 132 Å². The number of amides is 2. The molecule has 21 heavy (non-hydrogen) atoms. The molecule has 0 aliphatic heterocycles. The van der Waals surface area contributed by atoms with Crippen molar-refractivity contribution in [3.8, 4) is 0 Å². The summed E-state index contributed by atoms with van der Waals surface area (Å²) in [6, 6.07) is -0.166. The molecule has 5 nitrogen and oxygen atoms in total. The molecule has 1 atom stereocenters. The fraction of sp³-hybridized carbons (Fsp3) is 0.500. The van der Waals surface area contributed by atoms with Gasteiger partial charge in [-0.25, -0.2) is 14.8 Å². The van der Waals surface area contributed by atoms with Gasteiger partial charge in [-0.15, -0.1) is 22.7 Å². The van der Waals surface area contributed by atoms with Crippen LogP contribution in [-0.2, 0) is 6.54 Å². The Balaban J connectivity index is 1.74. The van der Waals surface area contributed by atoms with Crippen molar-refractivity contribution in [3.05, 3.63) is 31.7 Å². The molecule has 0 fully saturated rings. The van der Waals surface area contributed by atoms with E-state index in [1.807, 2.05) is 27.0 Å². The third-order valence-electron chi connectivity index (χ3n) is 3.10. The first-order valence-electron chi connectivity index (χ1n) is 6.82. The van der Waals surface area contributed by atoms with Crippen LogP contribution in [0.25, 0.3) is 0 Å². The number of aryl methyl sites for hydroxylation is 3. The lowest BCUT2D eigenvalue weighted by molar-refractivity contribution is 0.240. The van der Waals surface area contributed by atoms with E-state index in [4.69, 9.17) is 0 Å². The average Bonchev–Trinajstić information content (AvgIpc) is 3.00. The molecule has 0 bridgehead atoms. The summed E-state index contributed by atoms with van der Waals surface area (Å²) >= 11 is 3.29. The summed E-state index contributed by atoms with van der Waals surface area (Å²) in [6.45, 7) is 9.16. The van der Waals surface area contributed by atoms with E-state index in [-0.39, 0.29) is 11.9 Å². The lowest BCUT2D eigenvalue weighted by atomic mass is 10.2. The van der Waals surface area contributed by atoms with Gasteiger partial charge in [0.25, 0.3) is 0 Å². The number of carbonyl (C=O) groups excluding carboxylic acids is 1. The fourth-order valence-corrected chi connectivity index (χ4v) is 3.47. The number of nitrogens with one attached hydrogen (secondary N) is 2. The Kier molecular flexibility index (Phi) is 5.30. The van der Waals surface area contributed by atoms with E-state index in [9.17, 15) is 4.79 Å². The number of nitrogens with zero attached hydrogens (tertiary/aromatic N) is 2. The SMILES string of the molecule is Cc1cnc(C(C)CNC(=O)NCc2nc(C)c(C)s2)s1. The smallest absolute Gasteiger partial charge is 0.315 e. The second kappa shape index (κ2) is 7.00. The molecular formula is C14H20N4OS2. The summed E-state index contributed by atoms with van der Waals surface area (Å²) in [7, 11) is 0. The molecule has 2 heterocycles. The van der Waals surface area contributed by atoms with Crippen LogP contribution < -0.4 is 10.6 Å².